The number of rotatable bonds is 7. The molecule has 14 heteroatoms. The largest absolute Gasteiger partial charge is 0.423 e. The van der Waals surface area contributed by atoms with Gasteiger partial charge in [0.05, 0.1) is 35.9 Å². The van der Waals surface area contributed by atoms with E-state index in [0.717, 1.165) is 19.0 Å². The van der Waals surface area contributed by atoms with Crippen LogP contribution in [0.15, 0.2) is 23.4 Å². The Kier molecular flexibility index (Phi) is 7.45. The monoisotopic (exact) mass is 515 g/mol. The fraction of sp³-hybridized carbons (Fsp3) is 0.571. The number of amides is 1. The molecule has 4 rings (SSSR count). The fourth-order valence-electron chi connectivity index (χ4n) is 4.40. The highest BCUT2D eigenvalue weighted by Gasteiger charge is 2.39. The lowest BCUT2D eigenvalue weighted by Gasteiger charge is -2.36. The van der Waals surface area contributed by atoms with Crippen molar-refractivity contribution < 1.29 is 22.7 Å². The molecule has 0 aliphatic carbocycles. The maximum atomic E-state index is 13.2. The zero-order valence-corrected chi connectivity index (χ0v) is 19.6. The highest BCUT2D eigenvalue weighted by molar-refractivity contribution is 6.30. The van der Waals surface area contributed by atoms with Crippen molar-refractivity contribution in [2.75, 3.05) is 36.5 Å². The van der Waals surface area contributed by atoms with Crippen LogP contribution in [0.25, 0.3) is 0 Å². The van der Waals surface area contributed by atoms with E-state index in [1.807, 2.05) is 9.80 Å². The molecule has 4 heterocycles. The van der Waals surface area contributed by atoms with Gasteiger partial charge in [0.15, 0.2) is 0 Å². The average molecular weight is 516 g/mol. The number of carbonyl (C=O) groups excluding carboxylic acids is 1. The molecule has 2 aliphatic heterocycles. The fourth-order valence-corrected chi connectivity index (χ4v) is 4.49. The third-order valence-electron chi connectivity index (χ3n) is 6.07. The van der Waals surface area contributed by atoms with Gasteiger partial charge in [-0.15, -0.1) is 0 Å². The number of carbonyl (C=O) groups is 1. The molecule has 2 aromatic heterocycles. The first kappa shape index (κ1) is 25.2. The minimum Gasteiger partial charge on any atom is -0.378 e. The van der Waals surface area contributed by atoms with E-state index in [2.05, 4.69) is 20.4 Å². The third-order valence-corrected chi connectivity index (χ3v) is 6.27. The van der Waals surface area contributed by atoms with Crippen LogP contribution in [0.2, 0.25) is 5.02 Å². The van der Waals surface area contributed by atoms with Gasteiger partial charge in [0.1, 0.15) is 11.7 Å². The topological polar surface area (TPSA) is 116 Å². The molecule has 2 atom stereocenters. The average Bonchev–Trinajstić information content (AvgIpc) is 3.18. The number of halogens is 4. The van der Waals surface area contributed by atoms with Crippen LogP contribution < -0.4 is 15.8 Å². The van der Waals surface area contributed by atoms with Crippen LogP contribution in [-0.4, -0.2) is 75.4 Å². The summed E-state index contributed by atoms with van der Waals surface area (Å²) < 4.78 is 45.4. The lowest BCUT2D eigenvalue weighted by atomic mass is 10.0. The summed E-state index contributed by atoms with van der Waals surface area (Å²) in [6.45, 7) is 3.56. The number of hydrogen-bond acceptors (Lipinski definition) is 8. The summed E-state index contributed by atoms with van der Waals surface area (Å²) in [4.78, 5) is 36.9. The molecule has 0 bridgehead atoms. The lowest BCUT2D eigenvalue weighted by molar-refractivity contribution is -0.139. The Hall–Kier alpha value is -2.93. The Bertz CT molecular complexity index is 1090. The van der Waals surface area contributed by atoms with Crippen LogP contribution in [0.1, 0.15) is 31.7 Å². The van der Waals surface area contributed by atoms with Crippen LogP contribution in [0.3, 0.4) is 0 Å². The molecule has 0 radical (unpaired) electrons. The van der Waals surface area contributed by atoms with Crippen LogP contribution in [0, 0.1) is 0 Å². The molecule has 2 aromatic rings. The molecular weight excluding hydrogens is 491 g/mol. The zero-order chi connectivity index (χ0) is 25.2. The quantitative estimate of drug-likeness (QED) is 0.577. The lowest BCUT2D eigenvalue weighted by Crippen LogP contribution is -2.47. The van der Waals surface area contributed by atoms with E-state index in [-0.39, 0.29) is 18.6 Å². The molecule has 2 saturated heterocycles. The van der Waals surface area contributed by atoms with Gasteiger partial charge in [0.25, 0.3) is 11.5 Å². The number of ether oxygens (including phenoxy) is 1. The molecule has 1 amide bonds. The summed E-state index contributed by atoms with van der Waals surface area (Å²) in [7, 11) is 0. The SMILES string of the molecule is CC(COC1CCN(C2CCN(c3ncc(Cl)cn3)CC2)C1=O)Nc1cn[nH]c(=O)c1C(F)(F)F. The predicted molar refractivity (Wildman–Crippen MR) is 121 cm³/mol. The van der Waals surface area contributed by atoms with E-state index in [4.69, 9.17) is 16.3 Å². The van der Waals surface area contributed by atoms with Gasteiger partial charge in [-0.2, -0.15) is 18.3 Å². The van der Waals surface area contributed by atoms with Gasteiger partial charge in [-0.1, -0.05) is 11.6 Å². The number of hydrogen-bond donors (Lipinski definition) is 2. The maximum Gasteiger partial charge on any atom is 0.423 e. The van der Waals surface area contributed by atoms with E-state index < -0.39 is 35.1 Å². The van der Waals surface area contributed by atoms with Gasteiger partial charge in [-0.25, -0.2) is 15.1 Å². The van der Waals surface area contributed by atoms with Gasteiger partial charge in [-0.3, -0.25) is 9.59 Å². The van der Waals surface area contributed by atoms with Crippen LogP contribution in [0.5, 0.6) is 0 Å². The molecule has 2 unspecified atom stereocenters. The Morgan fingerprint density at radius 1 is 1.17 bits per heavy atom. The highest BCUT2D eigenvalue weighted by atomic mass is 35.5. The first-order valence-corrected chi connectivity index (χ1v) is 11.6. The predicted octanol–water partition coefficient (Wildman–Crippen LogP) is 2.32. The number of anilines is 2. The van der Waals surface area contributed by atoms with Crippen molar-refractivity contribution in [1.82, 2.24) is 25.1 Å². The summed E-state index contributed by atoms with van der Waals surface area (Å²) in [6, 6.07) is -0.518. The Balaban J connectivity index is 1.27. The van der Waals surface area contributed by atoms with Gasteiger partial charge >= 0.3 is 6.18 Å². The molecule has 190 valence electrons. The Labute approximate surface area is 203 Å². The van der Waals surface area contributed by atoms with Crippen molar-refractivity contribution in [3.05, 3.63) is 39.5 Å². The molecule has 10 nitrogen and oxygen atoms in total. The molecular formula is C21H25ClF3N7O3. The number of aromatic nitrogens is 4. The summed E-state index contributed by atoms with van der Waals surface area (Å²) in [5.74, 6) is 0.486. The minimum absolute atomic E-state index is 0.0132. The number of piperidine rings is 1. The standard InChI is InChI=1S/C21H25ClF3N7O3/c1-12(29-15-10-28-30-18(33)17(15)21(23,24)25)11-35-16-4-7-32(19(16)34)14-2-5-31(6-3-14)20-26-8-13(22)9-27-20/h8-10,12,14,16H,2-7,11H2,1H3,(H2,29,30,33). The summed E-state index contributed by atoms with van der Waals surface area (Å²) in [5, 5.41) is 8.31. The minimum atomic E-state index is -4.84. The van der Waals surface area contributed by atoms with Crippen molar-refractivity contribution in [3.8, 4) is 0 Å². The number of alkyl halides is 3. The number of likely N-dealkylation sites (tertiary alicyclic amines) is 1. The van der Waals surface area contributed by atoms with Gasteiger partial charge in [-0.05, 0) is 19.8 Å². The molecule has 2 aliphatic rings. The second-order valence-corrected chi connectivity index (χ2v) is 9.03. The highest BCUT2D eigenvalue weighted by Crippen LogP contribution is 2.32. The smallest absolute Gasteiger partial charge is 0.378 e. The first-order valence-electron chi connectivity index (χ1n) is 11.2. The number of nitrogens with one attached hydrogen (secondary N) is 2. The summed E-state index contributed by atoms with van der Waals surface area (Å²) in [6.07, 6.45) is 0.544. The van der Waals surface area contributed by atoms with Crippen LogP contribution >= 0.6 is 11.6 Å². The molecule has 2 N–H and O–H groups in total. The van der Waals surface area contributed by atoms with Gasteiger partial charge in [0, 0.05) is 38.1 Å². The molecule has 0 spiro atoms. The van der Waals surface area contributed by atoms with Crippen LogP contribution in [-0.2, 0) is 15.7 Å². The second kappa shape index (κ2) is 10.4. The van der Waals surface area contributed by atoms with Crippen molar-refractivity contribution in [3.63, 3.8) is 0 Å². The number of H-pyrrole nitrogens is 1. The van der Waals surface area contributed by atoms with Gasteiger partial charge < -0.3 is 19.9 Å². The van der Waals surface area contributed by atoms with E-state index in [0.29, 0.717) is 37.0 Å². The Morgan fingerprint density at radius 2 is 1.86 bits per heavy atom. The van der Waals surface area contributed by atoms with Gasteiger partial charge in [0.2, 0.25) is 5.95 Å². The van der Waals surface area contributed by atoms with Crippen molar-refractivity contribution in [1.29, 1.82) is 0 Å². The third kappa shape index (κ3) is 5.84. The van der Waals surface area contributed by atoms with E-state index >= 15 is 0 Å². The van der Waals surface area contributed by atoms with Crippen LogP contribution in [0.4, 0.5) is 24.8 Å². The maximum absolute atomic E-state index is 13.2. The molecule has 0 aromatic carbocycles. The van der Waals surface area contributed by atoms with E-state index in [9.17, 15) is 22.8 Å². The summed E-state index contributed by atoms with van der Waals surface area (Å²) >= 11 is 5.84. The number of aromatic amines is 1. The van der Waals surface area contributed by atoms with E-state index in [1.165, 1.54) is 0 Å². The van der Waals surface area contributed by atoms with Crippen molar-refractivity contribution >= 4 is 29.1 Å². The normalized spacial score (nSPS) is 20.4. The molecule has 35 heavy (non-hydrogen) atoms. The zero-order valence-electron chi connectivity index (χ0n) is 18.9. The summed E-state index contributed by atoms with van der Waals surface area (Å²) in [5.41, 5.74) is -3.11. The molecule has 2 fully saturated rings. The first-order chi connectivity index (χ1) is 16.6. The Morgan fingerprint density at radius 3 is 2.51 bits per heavy atom. The van der Waals surface area contributed by atoms with Crippen molar-refractivity contribution in [2.45, 2.75) is 50.6 Å². The second-order valence-electron chi connectivity index (χ2n) is 8.59. The number of nitrogens with zero attached hydrogens (tertiary/aromatic N) is 5. The van der Waals surface area contributed by atoms with E-state index in [1.54, 1.807) is 24.4 Å². The molecule has 0 saturated carbocycles. The van der Waals surface area contributed by atoms with Crippen molar-refractivity contribution in [2.24, 2.45) is 0 Å².